The molecule has 4 atom stereocenters. The first-order valence-electron chi connectivity index (χ1n) is 11.0. The summed E-state index contributed by atoms with van der Waals surface area (Å²) in [4.78, 5) is 37.7. The Morgan fingerprint density at radius 1 is 1.29 bits per heavy atom. The lowest BCUT2D eigenvalue weighted by Gasteiger charge is -2.30. The number of ether oxygens (including phenoxy) is 2. The largest absolute Gasteiger partial charge is 0.452 e. The molecule has 1 saturated heterocycles. The van der Waals surface area contributed by atoms with Crippen molar-refractivity contribution in [2.45, 2.75) is 38.6 Å². The maximum absolute atomic E-state index is 12.8. The Labute approximate surface area is 181 Å². The number of non-ortho nitro benzene ring substituents is 1. The van der Waals surface area contributed by atoms with Gasteiger partial charge < -0.3 is 19.7 Å². The topological polar surface area (TPSA) is 111 Å². The molecule has 1 amide bonds. The molecule has 0 spiro atoms. The fourth-order valence-corrected chi connectivity index (χ4v) is 5.40. The van der Waals surface area contributed by atoms with E-state index in [0.717, 1.165) is 12.3 Å². The summed E-state index contributed by atoms with van der Waals surface area (Å²) < 4.78 is 10.6. The van der Waals surface area contributed by atoms with E-state index in [1.54, 1.807) is 6.07 Å². The Morgan fingerprint density at radius 2 is 2.06 bits per heavy atom. The average Bonchev–Trinajstić information content (AvgIpc) is 3.41. The van der Waals surface area contributed by atoms with Crippen molar-refractivity contribution in [2.24, 2.45) is 17.8 Å². The molecule has 1 aliphatic heterocycles. The lowest BCUT2D eigenvalue weighted by molar-refractivity contribution is -0.384. The number of benzene rings is 1. The summed E-state index contributed by atoms with van der Waals surface area (Å²) in [7, 11) is 0. The molecule has 3 fully saturated rings. The summed E-state index contributed by atoms with van der Waals surface area (Å²) >= 11 is 0. The third-order valence-corrected chi connectivity index (χ3v) is 6.92. The molecule has 2 bridgehead atoms. The van der Waals surface area contributed by atoms with Gasteiger partial charge in [-0.15, -0.1) is 0 Å². The van der Waals surface area contributed by atoms with Crippen molar-refractivity contribution in [3.8, 4) is 0 Å². The third-order valence-electron chi connectivity index (χ3n) is 6.92. The van der Waals surface area contributed by atoms with E-state index in [0.29, 0.717) is 43.8 Å². The van der Waals surface area contributed by atoms with Gasteiger partial charge in [0.05, 0.1) is 29.4 Å². The number of hydrogen-bond donors (Lipinski definition) is 1. The zero-order valence-electron chi connectivity index (χ0n) is 17.7. The van der Waals surface area contributed by atoms with Crippen LogP contribution in [0.1, 0.15) is 43.0 Å². The minimum Gasteiger partial charge on any atom is -0.452 e. The summed E-state index contributed by atoms with van der Waals surface area (Å²) in [6, 6.07) is 4.18. The van der Waals surface area contributed by atoms with Crippen LogP contribution in [0, 0.1) is 27.9 Å². The average molecular weight is 431 g/mol. The number of esters is 1. The standard InChI is InChI=1S/C22H29N3O6/c1-14(18-11-15-2-3-16(18)10-15)23-21(26)13-31-22(27)19-12-17(25(28)29)4-5-20(19)24-6-8-30-9-7-24/h4-5,12,14-16,18H,2-3,6-11,13H2,1H3,(H,23,26)/t14-,15-,16-,18+/m1/s1. The summed E-state index contributed by atoms with van der Waals surface area (Å²) in [5.74, 6) is 0.876. The molecule has 2 saturated carbocycles. The molecule has 0 unspecified atom stereocenters. The molecular weight excluding hydrogens is 402 g/mol. The van der Waals surface area contributed by atoms with Crippen LogP contribution >= 0.6 is 0 Å². The number of nitrogens with zero attached hydrogens (tertiary/aromatic N) is 2. The highest BCUT2D eigenvalue weighted by Gasteiger charge is 2.42. The molecule has 0 aromatic heterocycles. The molecular formula is C22H29N3O6. The molecule has 4 rings (SSSR count). The van der Waals surface area contributed by atoms with Gasteiger partial charge >= 0.3 is 5.97 Å². The smallest absolute Gasteiger partial charge is 0.341 e. The Balaban J connectivity index is 1.38. The number of carbonyl (C=O) groups is 2. The first kappa shape index (κ1) is 21.5. The maximum atomic E-state index is 12.8. The third kappa shape index (κ3) is 4.81. The number of carbonyl (C=O) groups excluding carboxylic acids is 2. The van der Waals surface area contributed by atoms with Crippen LogP contribution in [0.5, 0.6) is 0 Å². The number of nitrogens with one attached hydrogen (secondary N) is 1. The lowest BCUT2D eigenvalue weighted by Crippen LogP contribution is -2.42. The zero-order valence-corrected chi connectivity index (χ0v) is 17.7. The Hall–Kier alpha value is -2.68. The second-order valence-corrected chi connectivity index (χ2v) is 8.83. The van der Waals surface area contributed by atoms with Crippen LogP contribution < -0.4 is 10.2 Å². The molecule has 31 heavy (non-hydrogen) atoms. The highest BCUT2D eigenvalue weighted by Crippen LogP contribution is 2.49. The lowest BCUT2D eigenvalue weighted by atomic mass is 9.84. The number of hydrogen-bond acceptors (Lipinski definition) is 7. The van der Waals surface area contributed by atoms with Gasteiger partial charge in [0, 0.05) is 31.3 Å². The first-order valence-corrected chi connectivity index (χ1v) is 11.0. The minimum atomic E-state index is -0.743. The van der Waals surface area contributed by atoms with E-state index in [9.17, 15) is 19.7 Å². The van der Waals surface area contributed by atoms with Crippen LogP contribution in [0.3, 0.4) is 0 Å². The van der Waals surface area contributed by atoms with Gasteiger partial charge in [0.2, 0.25) is 0 Å². The van der Waals surface area contributed by atoms with Crippen LogP contribution in [-0.2, 0) is 14.3 Å². The van der Waals surface area contributed by atoms with Crippen LogP contribution in [-0.4, -0.2) is 55.8 Å². The van der Waals surface area contributed by atoms with Crippen LogP contribution in [0.2, 0.25) is 0 Å². The molecule has 2 aliphatic carbocycles. The van der Waals surface area contributed by atoms with Gasteiger partial charge in [0.25, 0.3) is 11.6 Å². The number of rotatable bonds is 7. The number of amides is 1. The number of anilines is 1. The van der Waals surface area contributed by atoms with Crippen molar-refractivity contribution in [1.82, 2.24) is 5.32 Å². The number of morpholine rings is 1. The Kier molecular flexibility index (Phi) is 6.41. The molecule has 9 nitrogen and oxygen atoms in total. The van der Waals surface area contributed by atoms with Gasteiger partial charge in [0.15, 0.2) is 6.61 Å². The molecule has 168 valence electrons. The number of fused-ring (bicyclic) bond motifs is 2. The molecule has 3 aliphatic rings. The SMILES string of the molecule is C[C@@H](NC(=O)COC(=O)c1cc([N+](=O)[O-])ccc1N1CCOCC1)[C@@H]1C[C@@H]2CC[C@@H]1C2. The quantitative estimate of drug-likeness (QED) is 0.401. The van der Waals surface area contributed by atoms with E-state index in [2.05, 4.69) is 5.32 Å². The zero-order chi connectivity index (χ0) is 22.0. The fraction of sp³-hybridized carbons (Fsp3) is 0.636. The van der Waals surface area contributed by atoms with Crippen molar-refractivity contribution >= 4 is 23.3 Å². The van der Waals surface area contributed by atoms with Gasteiger partial charge in [-0.2, -0.15) is 0 Å². The monoisotopic (exact) mass is 431 g/mol. The van der Waals surface area contributed by atoms with Crippen molar-refractivity contribution < 1.29 is 24.0 Å². The molecule has 9 heteroatoms. The van der Waals surface area contributed by atoms with E-state index in [4.69, 9.17) is 9.47 Å². The summed E-state index contributed by atoms with van der Waals surface area (Å²) in [6.45, 7) is 3.76. The van der Waals surface area contributed by atoms with E-state index < -0.39 is 17.5 Å². The molecule has 1 aromatic rings. The normalized spacial score (nSPS) is 25.8. The van der Waals surface area contributed by atoms with Gasteiger partial charge in [-0.05, 0) is 50.0 Å². The van der Waals surface area contributed by atoms with E-state index in [-0.39, 0.29) is 23.2 Å². The van der Waals surface area contributed by atoms with Gasteiger partial charge in [-0.25, -0.2) is 4.79 Å². The molecule has 1 aromatic carbocycles. The molecule has 0 radical (unpaired) electrons. The van der Waals surface area contributed by atoms with E-state index in [1.165, 1.54) is 31.4 Å². The maximum Gasteiger partial charge on any atom is 0.341 e. The highest BCUT2D eigenvalue weighted by molar-refractivity contribution is 5.97. The van der Waals surface area contributed by atoms with Crippen molar-refractivity contribution in [2.75, 3.05) is 37.8 Å². The van der Waals surface area contributed by atoms with Crippen LogP contribution in [0.4, 0.5) is 11.4 Å². The molecule has 1 heterocycles. The van der Waals surface area contributed by atoms with Crippen LogP contribution in [0.15, 0.2) is 18.2 Å². The van der Waals surface area contributed by atoms with Gasteiger partial charge in [0.1, 0.15) is 0 Å². The number of nitro groups is 1. The van der Waals surface area contributed by atoms with Crippen molar-refractivity contribution in [1.29, 1.82) is 0 Å². The summed E-state index contributed by atoms with van der Waals surface area (Å²) in [5, 5.41) is 14.2. The second kappa shape index (κ2) is 9.21. The Morgan fingerprint density at radius 3 is 2.71 bits per heavy atom. The fourth-order valence-electron chi connectivity index (χ4n) is 5.40. The van der Waals surface area contributed by atoms with Crippen LogP contribution in [0.25, 0.3) is 0 Å². The minimum absolute atomic E-state index is 0.0447. The second-order valence-electron chi connectivity index (χ2n) is 8.83. The number of nitro benzene ring substituents is 1. The predicted octanol–water partition coefficient (Wildman–Crippen LogP) is 2.53. The van der Waals surface area contributed by atoms with Crippen molar-refractivity contribution in [3.63, 3.8) is 0 Å². The van der Waals surface area contributed by atoms with E-state index in [1.807, 2.05) is 11.8 Å². The summed E-state index contributed by atoms with van der Waals surface area (Å²) in [6.07, 6.45) is 4.95. The molecule has 1 N–H and O–H groups in total. The van der Waals surface area contributed by atoms with E-state index >= 15 is 0 Å². The van der Waals surface area contributed by atoms with Gasteiger partial charge in [-0.3, -0.25) is 14.9 Å². The first-order chi connectivity index (χ1) is 14.9. The summed E-state index contributed by atoms with van der Waals surface area (Å²) in [5.41, 5.74) is 0.443. The van der Waals surface area contributed by atoms with Crippen molar-refractivity contribution in [3.05, 3.63) is 33.9 Å². The Bertz CT molecular complexity index is 854. The predicted molar refractivity (Wildman–Crippen MR) is 113 cm³/mol. The van der Waals surface area contributed by atoms with Gasteiger partial charge in [-0.1, -0.05) is 6.42 Å². The highest BCUT2D eigenvalue weighted by atomic mass is 16.6.